The zero-order valence-electron chi connectivity index (χ0n) is 12.5. The van der Waals surface area contributed by atoms with Crippen molar-refractivity contribution in [1.29, 1.82) is 0 Å². The summed E-state index contributed by atoms with van der Waals surface area (Å²) in [6.07, 6.45) is 4.55. The highest BCUT2D eigenvalue weighted by atomic mass is 16.5. The third kappa shape index (κ3) is 2.99. The van der Waals surface area contributed by atoms with Gasteiger partial charge in [0, 0.05) is 18.1 Å². The maximum atomic E-state index is 12.5. The molecule has 1 fully saturated rings. The van der Waals surface area contributed by atoms with Crippen LogP contribution < -0.4 is 5.32 Å². The van der Waals surface area contributed by atoms with E-state index in [1.54, 1.807) is 6.07 Å². The zero-order chi connectivity index (χ0) is 15.5. The van der Waals surface area contributed by atoms with E-state index in [2.05, 4.69) is 5.32 Å². The minimum atomic E-state index is -0.989. The normalized spacial score (nSPS) is 21.9. The zero-order valence-corrected chi connectivity index (χ0v) is 12.5. The lowest BCUT2D eigenvalue weighted by Crippen LogP contribution is -2.48. The van der Waals surface area contributed by atoms with E-state index in [1.807, 2.05) is 12.1 Å². The topological polar surface area (TPSA) is 75.6 Å². The Hall–Kier alpha value is -1.88. The van der Waals surface area contributed by atoms with Crippen molar-refractivity contribution in [3.63, 3.8) is 0 Å². The van der Waals surface area contributed by atoms with Crippen molar-refractivity contribution < 1.29 is 19.4 Å². The summed E-state index contributed by atoms with van der Waals surface area (Å²) in [5.74, 6) is -1.43. The number of carboxylic acid groups (broad SMARTS) is 1. The Labute approximate surface area is 129 Å². The van der Waals surface area contributed by atoms with Crippen LogP contribution in [0.15, 0.2) is 18.2 Å². The molecule has 1 aliphatic carbocycles. The molecule has 1 amide bonds. The molecule has 118 valence electrons. The number of carboxylic acids is 1. The van der Waals surface area contributed by atoms with Crippen molar-refractivity contribution in [1.82, 2.24) is 5.32 Å². The second-order valence-electron chi connectivity index (χ2n) is 6.06. The number of hydrogen-bond donors (Lipinski definition) is 2. The van der Waals surface area contributed by atoms with E-state index < -0.39 is 12.0 Å². The van der Waals surface area contributed by atoms with E-state index in [4.69, 9.17) is 4.74 Å². The molecule has 2 aliphatic rings. The number of rotatable bonds is 4. The smallest absolute Gasteiger partial charge is 0.326 e. The number of benzene rings is 1. The molecular weight excluding hydrogens is 282 g/mol. The average molecular weight is 303 g/mol. The van der Waals surface area contributed by atoms with Gasteiger partial charge in [-0.25, -0.2) is 4.79 Å². The lowest BCUT2D eigenvalue weighted by atomic mass is 9.93. The first kappa shape index (κ1) is 15.0. The predicted molar refractivity (Wildman–Crippen MR) is 80.9 cm³/mol. The van der Waals surface area contributed by atoms with Gasteiger partial charge in [-0.05, 0) is 49.3 Å². The second kappa shape index (κ2) is 6.48. The summed E-state index contributed by atoms with van der Waals surface area (Å²) in [7, 11) is 0. The number of nitrogens with one attached hydrogen (secondary N) is 1. The molecule has 5 heteroatoms. The summed E-state index contributed by atoms with van der Waals surface area (Å²) < 4.78 is 5.36. The van der Waals surface area contributed by atoms with E-state index in [9.17, 15) is 14.7 Å². The average Bonchev–Trinajstić information content (AvgIpc) is 3.01. The molecule has 22 heavy (non-hydrogen) atoms. The molecular formula is C17H21NO4. The quantitative estimate of drug-likeness (QED) is 0.889. The molecule has 2 N–H and O–H groups in total. The van der Waals surface area contributed by atoms with Gasteiger partial charge in [-0.2, -0.15) is 0 Å². The molecule has 2 atom stereocenters. The van der Waals surface area contributed by atoms with Crippen molar-refractivity contribution in [3.05, 3.63) is 34.9 Å². The van der Waals surface area contributed by atoms with Crippen LogP contribution in [0, 0.1) is 5.92 Å². The summed E-state index contributed by atoms with van der Waals surface area (Å²) in [5, 5.41) is 12.2. The van der Waals surface area contributed by atoms with Crippen LogP contribution in [0.25, 0.3) is 0 Å². The Morgan fingerprint density at radius 1 is 1.27 bits per heavy atom. The van der Waals surface area contributed by atoms with Gasteiger partial charge in [-0.1, -0.05) is 12.1 Å². The Balaban J connectivity index is 1.77. The fourth-order valence-corrected chi connectivity index (χ4v) is 3.46. The van der Waals surface area contributed by atoms with Crippen LogP contribution in [-0.4, -0.2) is 36.2 Å². The highest BCUT2D eigenvalue weighted by Crippen LogP contribution is 2.26. The Morgan fingerprint density at radius 2 is 2.14 bits per heavy atom. The van der Waals surface area contributed by atoms with Gasteiger partial charge in [0.2, 0.25) is 0 Å². The molecule has 1 aromatic carbocycles. The molecule has 0 aromatic heterocycles. The lowest BCUT2D eigenvalue weighted by molar-refractivity contribution is -0.142. The molecule has 5 nitrogen and oxygen atoms in total. The van der Waals surface area contributed by atoms with Crippen LogP contribution in [0.3, 0.4) is 0 Å². The van der Waals surface area contributed by atoms with Crippen LogP contribution in [0.5, 0.6) is 0 Å². The van der Waals surface area contributed by atoms with Crippen LogP contribution in [-0.2, 0) is 22.4 Å². The highest BCUT2D eigenvalue weighted by molar-refractivity contribution is 5.98. The van der Waals surface area contributed by atoms with Gasteiger partial charge in [0.15, 0.2) is 0 Å². The number of carbonyl (C=O) groups is 2. The van der Waals surface area contributed by atoms with Gasteiger partial charge in [-0.3, -0.25) is 4.79 Å². The molecule has 1 heterocycles. The Kier molecular flexibility index (Phi) is 4.43. The van der Waals surface area contributed by atoms with Gasteiger partial charge < -0.3 is 15.2 Å². The van der Waals surface area contributed by atoms with Crippen LogP contribution in [0.1, 0.15) is 40.7 Å². The SMILES string of the molecule is O=C(N[C@@H](C(=O)O)[C@@H]1CCCOC1)c1cccc2c1CCC2. The molecule has 1 aliphatic heterocycles. The third-order valence-electron chi connectivity index (χ3n) is 4.61. The van der Waals surface area contributed by atoms with E-state index >= 15 is 0 Å². The molecule has 1 aromatic rings. The summed E-state index contributed by atoms with van der Waals surface area (Å²) >= 11 is 0. The number of amides is 1. The Morgan fingerprint density at radius 3 is 2.86 bits per heavy atom. The molecule has 0 bridgehead atoms. The van der Waals surface area contributed by atoms with E-state index in [-0.39, 0.29) is 11.8 Å². The number of ether oxygens (including phenoxy) is 1. The molecule has 0 radical (unpaired) electrons. The fourth-order valence-electron chi connectivity index (χ4n) is 3.46. The Bertz CT molecular complexity index is 578. The third-order valence-corrected chi connectivity index (χ3v) is 4.61. The van der Waals surface area contributed by atoms with Gasteiger partial charge in [0.1, 0.15) is 6.04 Å². The van der Waals surface area contributed by atoms with Crippen molar-refractivity contribution in [2.24, 2.45) is 5.92 Å². The van der Waals surface area contributed by atoms with Gasteiger partial charge in [0.05, 0.1) is 6.61 Å². The first-order chi connectivity index (χ1) is 10.7. The standard InChI is InChI=1S/C17H21NO4/c19-16(14-8-2-5-11-4-1-7-13(11)14)18-15(17(20)21)12-6-3-9-22-10-12/h2,5,8,12,15H,1,3-4,6-7,9-10H2,(H,18,19)(H,20,21)/t12-,15-/m1/s1. The van der Waals surface area contributed by atoms with E-state index in [1.165, 1.54) is 5.56 Å². The fraction of sp³-hybridized carbons (Fsp3) is 0.529. The van der Waals surface area contributed by atoms with Crippen molar-refractivity contribution in [3.8, 4) is 0 Å². The van der Waals surface area contributed by atoms with Crippen molar-refractivity contribution in [2.75, 3.05) is 13.2 Å². The first-order valence-corrected chi connectivity index (χ1v) is 7.89. The second-order valence-corrected chi connectivity index (χ2v) is 6.06. The number of fused-ring (bicyclic) bond motifs is 1. The van der Waals surface area contributed by atoms with Crippen molar-refractivity contribution >= 4 is 11.9 Å². The van der Waals surface area contributed by atoms with Crippen LogP contribution >= 0.6 is 0 Å². The van der Waals surface area contributed by atoms with E-state index in [0.29, 0.717) is 18.8 Å². The van der Waals surface area contributed by atoms with Crippen LogP contribution in [0.2, 0.25) is 0 Å². The van der Waals surface area contributed by atoms with Gasteiger partial charge >= 0.3 is 5.97 Å². The first-order valence-electron chi connectivity index (χ1n) is 7.89. The molecule has 0 spiro atoms. The summed E-state index contributed by atoms with van der Waals surface area (Å²) in [5.41, 5.74) is 2.91. The molecule has 1 saturated heterocycles. The highest BCUT2D eigenvalue weighted by Gasteiger charge is 2.32. The summed E-state index contributed by atoms with van der Waals surface area (Å²) in [6, 6.07) is 4.82. The van der Waals surface area contributed by atoms with Crippen molar-refractivity contribution in [2.45, 2.75) is 38.1 Å². The number of hydrogen-bond acceptors (Lipinski definition) is 3. The summed E-state index contributed by atoms with van der Waals surface area (Å²) in [4.78, 5) is 24.1. The monoisotopic (exact) mass is 303 g/mol. The predicted octanol–water partition coefficient (Wildman–Crippen LogP) is 1.78. The van der Waals surface area contributed by atoms with Crippen LogP contribution in [0.4, 0.5) is 0 Å². The molecule has 3 rings (SSSR count). The summed E-state index contributed by atoms with van der Waals surface area (Å²) in [6.45, 7) is 1.06. The minimum absolute atomic E-state index is 0.160. The molecule has 0 unspecified atom stereocenters. The number of aliphatic carboxylic acids is 1. The number of carbonyl (C=O) groups excluding carboxylic acids is 1. The van der Waals surface area contributed by atoms with Gasteiger partial charge in [-0.15, -0.1) is 0 Å². The molecule has 0 saturated carbocycles. The number of aryl methyl sites for hydroxylation is 1. The maximum absolute atomic E-state index is 12.5. The minimum Gasteiger partial charge on any atom is -0.480 e. The lowest BCUT2D eigenvalue weighted by Gasteiger charge is -2.28. The van der Waals surface area contributed by atoms with Gasteiger partial charge in [0.25, 0.3) is 5.91 Å². The largest absolute Gasteiger partial charge is 0.480 e. The maximum Gasteiger partial charge on any atom is 0.326 e. The van der Waals surface area contributed by atoms with E-state index in [0.717, 1.165) is 37.7 Å².